The Balaban J connectivity index is 2.65. The zero-order valence-electron chi connectivity index (χ0n) is 9.80. The molecule has 0 aliphatic rings. The normalized spacial score (nSPS) is 11.1. The molecule has 1 rings (SSSR count). The molecule has 0 spiro atoms. The lowest BCUT2D eigenvalue weighted by Crippen LogP contribution is -2.29. The molecule has 0 bridgehead atoms. The second-order valence-corrected chi connectivity index (χ2v) is 4.38. The van der Waals surface area contributed by atoms with Gasteiger partial charge in [0.2, 0.25) is 5.91 Å². The molecule has 0 aromatic carbocycles. The molecule has 0 fully saturated rings. The molecule has 2 amide bonds. The van der Waals surface area contributed by atoms with Gasteiger partial charge in [-0.25, -0.2) is 4.79 Å². The number of nitrogens with one attached hydrogen (secondary N) is 1. The number of carbonyl (C=O) groups is 2. The van der Waals surface area contributed by atoms with Gasteiger partial charge in [-0.05, 0) is 12.1 Å². The molecule has 0 aliphatic carbocycles. The van der Waals surface area contributed by atoms with Crippen molar-refractivity contribution >= 4 is 29.2 Å². The highest BCUT2D eigenvalue weighted by Crippen LogP contribution is 2.16. The van der Waals surface area contributed by atoms with E-state index in [0.717, 1.165) is 4.88 Å². The Morgan fingerprint density at radius 1 is 1.50 bits per heavy atom. The van der Waals surface area contributed by atoms with E-state index in [2.05, 4.69) is 15.0 Å². The van der Waals surface area contributed by atoms with Crippen molar-refractivity contribution in [3.05, 3.63) is 21.9 Å². The largest absolute Gasteiger partial charge is 0.451 e. The monoisotopic (exact) mass is 270 g/mol. The molecule has 1 heterocycles. The second-order valence-electron chi connectivity index (χ2n) is 3.21. The molecule has 0 atom stereocenters. The van der Waals surface area contributed by atoms with Crippen molar-refractivity contribution in [3.8, 4) is 0 Å². The number of rotatable bonds is 4. The maximum absolute atomic E-state index is 11.0. The van der Waals surface area contributed by atoms with Crippen LogP contribution in [0, 0.1) is 0 Å². The number of thiophene rings is 1. The van der Waals surface area contributed by atoms with Crippen LogP contribution in [0.25, 0.3) is 0 Å². The van der Waals surface area contributed by atoms with E-state index in [0.29, 0.717) is 11.4 Å². The first-order valence-corrected chi connectivity index (χ1v) is 5.86. The third-order valence-corrected chi connectivity index (χ3v) is 3.05. The van der Waals surface area contributed by atoms with Crippen molar-refractivity contribution in [2.45, 2.75) is 6.54 Å². The molecule has 1 aromatic rings. The summed E-state index contributed by atoms with van der Waals surface area (Å²) in [4.78, 5) is 26.9. The number of hydrogen-bond donors (Lipinski definition) is 3. The van der Waals surface area contributed by atoms with Crippen molar-refractivity contribution in [2.75, 3.05) is 13.7 Å². The third-order valence-electron chi connectivity index (χ3n) is 1.95. The first-order valence-electron chi connectivity index (χ1n) is 5.04. The summed E-state index contributed by atoms with van der Waals surface area (Å²) in [5.41, 5.74) is 10.8. The first-order chi connectivity index (χ1) is 8.56. The summed E-state index contributed by atoms with van der Waals surface area (Å²) in [5, 5.41) is 2.63. The number of nitrogens with two attached hydrogens (primary N) is 2. The van der Waals surface area contributed by atoms with Crippen LogP contribution in [-0.4, -0.2) is 31.5 Å². The Kier molecular flexibility index (Phi) is 5.28. The van der Waals surface area contributed by atoms with Crippen molar-refractivity contribution in [3.63, 3.8) is 0 Å². The zero-order valence-corrected chi connectivity index (χ0v) is 10.6. The summed E-state index contributed by atoms with van der Waals surface area (Å²) in [5.74, 6) is -0.149. The summed E-state index contributed by atoms with van der Waals surface area (Å²) in [7, 11) is 1.22. The molecule has 7 nitrogen and oxygen atoms in total. The fraction of sp³-hybridized carbons (Fsp3) is 0.300. The van der Waals surface area contributed by atoms with Gasteiger partial charge in [-0.1, -0.05) is 0 Å². The fourth-order valence-electron chi connectivity index (χ4n) is 1.07. The van der Waals surface area contributed by atoms with Crippen LogP contribution in [0.3, 0.4) is 0 Å². The number of ether oxygens (including phenoxy) is 1. The average molecular weight is 270 g/mol. The summed E-state index contributed by atoms with van der Waals surface area (Å²) < 4.78 is 4.37. The quantitative estimate of drug-likeness (QED) is 0.516. The van der Waals surface area contributed by atoms with Gasteiger partial charge in [-0.3, -0.25) is 4.79 Å². The van der Waals surface area contributed by atoms with Crippen LogP contribution < -0.4 is 16.8 Å². The topological polar surface area (TPSA) is 120 Å². The number of hydrogen-bond acceptors (Lipinski definition) is 5. The highest BCUT2D eigenvalue weighted by atomic mass is 32.1. The standard InChI is InChI=1S/C10H14N4O3S/c1-17-10(16)14-9(12)7-3-2-6(18-7)5-13-8(15)4-11/h2-3H,4-5,11H2,1H3,(H,13,15)(H2,12,14,16). The zero-order chi connectivity index (χ0) is 13.5. The van der Waals surface area contributed by atoms with E-state index in [1.54, 1.807) is 12.1 Å². The molecule has 1 aromatic heterocycles. The number of amidine groups is 1. The van der Waals surface area contributed by atoms with Gasteiger partial charge in [0, 0.05) is 4.88 Å². The van der Waals surface area contributed by atoms with Gasteiger partial charge in [-0.2, -0.15) is 4.99 Å². The minimum Gasteiger partial charge on any atom is -0.451 e. The lowest BCUT2D eigenvalue weighted by Gasteiger charge is -2.00. The van der Waals surface area contributed by atoms with E-state index in [4.69, 9.17) is 11.5 Å². The number of methoxy groups -OCH3 is 1. The third kappa shape index (κ3) is 4.15. The van der Waals surface area contributed by atoms with E-state index in [1.807, 2.05) is 0 Å². The van der Waals surface area contributed by atoms with Gasteiger partial charge in [-0.15, -0.1) is 11.3 Å². The van der Waals surface area contributed by atoms with Gasteiger partial charge in [0.1, 0.15) is 5.84 Å². The summed E-state index contributed by atoms with van der Waals surface area (Å²) in [6, 6.07) is 3.51. The molecule has 0 radical (unpaired) electrons. The SMILES string of the molecule is COC(=O)/N=C(\N)c1ccc(CNC(=O)CN)s1. The number of aliphatic imine (C=N–C) groups is 1. The van der Waals surface area contributed by atoms with Gasteiger partial charge >= 0.3 is 6.09 Å². The van der Waals surface area contributed by atoms with Gasteiger partial charge < -0.3 is 21.5 Å². The van der Waals surface area contributed by atoms with E-state index in [1.165, 1.54) is 18.4 Å². The predicted octanol–water partition coefficient (Wildman–Crippen LogP) is -0.205. The minimum absolute atomic E-state index is 0.0514. The average Bonchev–Trinajstić information content (AvgIpc) is 2.84. The Hall–Kier alpha value is -1.93. The van der Waals surface area contributed by atoms with Crippen LogP contribution in [0.15, 0.2) is 17.1 Å². The molecule has 0 saturated heterocycles. The molecule has 8 heteroatoms. The van der Waals surface area contributed by atoms with E-state index < -0.39 is 6.09 Å². The number of amides is 2. The predicted molar refractivity (Wildman–Crippen MR) is 68.3 cm³/mol. The van der Waals surface area contributed by atoms with Crippen molar-refractivity contribution < 1.29 is 14.3 Å². The number of nitrogens with zero attached hydrogens (tertiary/aromatic N) is 1. The maximum Gasteiger partial charge on any atom is 0.435 e. The molecular formula is C10H14N4O3S. The molecule has 0 unspecified atom stereocenters. The molecule has 18 heavy (non-hydrogen) atoms. The Labute approximate surface area is 108 Å². The Morgan fingerprint density at radius 3 is 2.83 bits per heavy atom. The van der Waals surface area contributed by atoms with E-state index in [-0.39, 0.29) is 18.3 Å². The van der Waals surface area contributed by atoms with Crippen molar-refractivity contribution in [2.24, 2.45) is 16.5 Å². The van der Waals surface area contributed by atoms with Crippen LogP contribution in [0.5, 0.6) is 0 Å². The second kappa shape index (κ2) is 6.72. The Morgan fingerprint density at radius 2 is 2.22 bits per heavy atom. The van der Waals surface area contributed by atoms with Crippen LogP contribution in [-0.2, 0) is 16.1 Å². The van der Waals surface area contributed by atoms with Crippen molar-refractivity contribution in [1.82, 2.24) is 5.32 Å². The number of carbonyl (C=O) groups excluding carboxylic acids is 2. The molecule has 0 aliphatic heterocycles. The first kappa shape index (κ1) is 14.1. The van der Waals surface area contributed by atoms with Crippen LogP contribution >= 0.6 is 11.3 Å². The van der Waals surface area contributed by atoms with Crippen LogP contribution in [0.1, 0.15) is 9.75 Å². The van der Waals surface area contributed by atoms with E-state index in [9.17, 15) is 9.59 Å². The smallest absolute Gasteiger partial charge is 0.435 e. The highest BCUT2D eigenvalue weighted by Gasteiger charge is 2.07. The summed E-state index contributed by atoms with van der Waals surface area (Å²) in [6.45, 7) is 0.316. The van der Waals surface area contributed by atoms with Gasteiger partial charge in [0.05, 0.1) is 25.1 Å². The van der Waals surface area contributed by atoms with Crippen LogP contribution in [0.4, 0.5) is 4.79 Å². The van der Waals surface area contributed by atoms with Gasteiger partial charge in [0.25, 0.3) is 0 Å². The summed E-state index contributed by atoms with van der Waals surface area (Å²) in [6.07, 6.45) is -0.751. The summed E-state index contributed by atoms with van der Waals surface area (Å²) >= 11 is 1.33. The fourth-order valence-corrected chi connectivity index (χ4v) is 1.92. The van der Waals surface area contributed by atoms with E-state index >= 15 is 0 Å². The molecule has 0 saturated carbocycles. The Bertz CT molecular complexity index is 469. The van der Waals surface area contributed by atoms with Crippen LogP contribution in [0.2, 0.25) is 0 Å². The lowest BCUT2D eigenvalue weighted by atomic mass is 10.4. The molecule has 98 valence electrons. The minimum atomic E-state index is -0.751. The molecular weight excluding hydrogens is 256 g/mol. The molecule has 5 N–H and O–H groups in total. The highest BCUT2D eigenvalue weighted by molar-refractivity contribution is 7.14. The van der Waals surface area contributed by atoms with Gasteiger partial charge in [0.15, 0.2) is 0 Å². The maximum atomic E-state index is 11.0. The van der Waals surface area contributed by atoms with Crippen molar-refractivity contribution in [1.29, 1.82) is 0 Å². The lowest BCUT2D eigenvalue weighted by molar-refractivity contribution is -0.119.